The molecule has 2 aromatic heterocycles. The Kier molecular flexibility index (Phi) is 4.61. The number of para-hydroxylation sites is 1. The quantitative estimate of drug-likeness (QED) is 0.670. The van der Waals surface area contributed by atoms with Crippen molar-refractivity contribution >= 4 is 26.7 Å². The van der Waals surface area contributed by atoms with E-state index in [4.69, 9.17) is 0 Å². The molecule has 0 spiro atoms. The summed E-state index contributed by atoms with van der Waals surface area (Å²) in [5.41, 5.74) is 1.95. The highest BCUT2D eigenvalue weighted by atomic mass is 32.2. The molecule has 124 valence electrons. The number of rotatable bonds is 7. The lowest BCUT2D eigenvalue weighted by Crippen LogP contribution is -2.16. The predicted octanol–water partition coefficient (Wildman–Crippen LogP) is 2.80. The number of allylic oxidation sites excluding steroid dienone is 1. The highest BCUT2D eigenvalue weighted by Crippen LogP contribution is 2.17. The zero-order valence-corrected chi connectivity index (χ0v) is 13.9. The zero-order valence-electron chi connectivity index (χ0n) is 13.1. The minimum atomic E-state index is -3.40. The Morgan fingerprint density at radius 3 is 2.88 bits per heavy atom. The number of hydrogen-bond donors (Lipinski definition) is 1. The Labute approximate surface area is 140 Å². The van der Waals surface area contributed by atoms with Gasteiger partial charge in [-0.1, -0.05) is 30.3 Å². The molecule has 1 aromatic carbocycles. The first-order valence-corrected chi connectivity index (χ1v) is 9.20. The van der Waals surface area contributed by atoms with E-state index in [1.165, 1.54) is 0 Å². The minimum Gasteiger partial charge on any atom is -0.266 e. The van der Waals surface area contributed by atoms with E-state index < -0.39 is 10.0 Å². The van der Waals surface area contributed by atoms with E-state index in [0.717, 1.165) is 16.5 Å². The maximum absolute atomic E-state index is 11.9. The van der Waals surface area contributed by atoms with Gasteiger partial charge in [0, 0.05) is 23.8 Å². The monoisotopic (exact) mass is 342 g/mol. The molecule has 0 radical (unpaired) electrons. The van der Waals surface area contributed by atoms with Crippen molar-refractivity contribution in [1.82, 2.24) is 14.8 Å². The van der Waals surface area contributed by atoms with Crippen LogP contribution in [0.5, 0.6) is 0 Å². The van der Waals surface area contributed by atoms with Crippen molar-refractivity contribution in [3.8, 4) is 0 Å². The molecule has 3 rings (SSSR count). The lowest BCUT2D eigenvalue weighted by atomic mass is 10.1. The lowest BCUT2D eigenvalue weighted by Gasteiger charge is -2.06. The number of aromatic nitrogens is 3. The molecule has 1 N–H and O–H groups in total. The molecule has 0 aliphatic heterocycles. The van der Waals surface area contributed by atoms with E-state index in [0.29, 0.717) is 18.8 Å². The second kappa shape index (κ2) is 6.84. The molecule has 0 fully saturated rings. The molecule has 0 aliphatic rings. The smallest absolute Gasteiger partial charge is 0.234 e. The van der Waals surface area contributed by atoms with Crippen molar-refractivity contribution in [1.29, 1.82) is 0 Å². The fraction of sp³-hybridized carbons (Fsp3) is 0.176. The van der Waals surface area contributed by atoms with E-state index in [-0.39, 0.29) is 5.75 Å². The highest BCUT2D eigenvalue weighted by molar-refractivity contribution is 7.92. The molecule has 0 aliphatic carbocycles. The summed E-state index contributed by atoms with van der Waals surface area (Å²) < 4.78 is 27.9. The Morgan fingerprint density at radius 2 is 2.04 bits per heavy atom. The number of fused-ring (bicyclic) bond motifs is 1. The van der Waals surface area contributed by atoms with E-state index in [2.05, 4.69) is 21.4 Å². The molecule has 0 bridgehead atoms. The van der Waals surface area contributed by atoms with Gasteiger partial charge in [-0.2, -0.15) is 5.10 Å². The first-order valence-electron chi connectivity index (χ1n) is 7.55. The van der Waals surface area contributed by atoms with Crippen LogP contribution in [0.3, 0.4) is 0 Å². The van der Waals surface area contributed by atoms with Crippen LogP contribution < -0.4 is 4.72 Å². The standard InChI is InChI=1S/C17H18N4O2S/c1-2-3-12-24(22,23)20-16-9-11-21(19-16)13-15-7-4-6-14-8-5-10-18-17(14)15/h2,4-11H,1,3,12-13H2,(H,19,20). The van der Waals surface area contributed by atoms with Crippen LogP contribution in [0.15, 0.2) is 61.4 Å². The number of nitrogens with one attached hydrogen (secondary N) is 1. The van der Waals surface area contributed by atoms with Gasteiger partial charge < -0.3 is 0 Å². The maximum atomic E-state index is 11.9. The summed E-state index contributed by atoms with van der Waals surface area (Å²) in [5, 5.41) is 5.34. The molecule has 0 unspecified atom stereocenters. The van der Waals surface area contributed by atoms with Crippen LogP contribution in [0.4, 0.5) is 5.82 Å². The summed E-state index contributed by atoms with van der Waals surface area (Å²) in [5.74, 6) is 0.309. The number of sulfonamides is 1. The maximum Gasteiger partial charge on any atom is 0.234 e. The Hall–Kier alpha value is -2.67. The number of hydrogen-bond acceptors (Lipinski definition) is 4. The fourth-order valence-corrected chi connectivity index (χ4v) is 3.43. The predicted molar refractivity (Wildman–Crippen MR) is 95.3 cm³/mol. The van der Waals surface area contributed by atoms with Crippen molar-refractivity contribution in [2.45, 2.75) is 13.0 Å². The first-order chi connectivity index (χ1) is 11.6. The van der Waals surface area contributed by atoms with E-state index >= 15 is 0 Å². The van der Waals surface area contributed by atoms with Gasteiger partial charge in [0.1, 0.15) is 0 Å². The van der Waals surface area contributed by atoms with Crippen LogP contribution in [0.2, 0.25) is 0 Å². The number of benzene rings is 1. The van der Waals surface area contributed by atoms with Gasteiger partial charge >= 0.3 is 0 Å². The van der Waals surface area contributed by atoms with Gasteiger partial charge in [-0.05, 0) is 18.1 Å². The second-order valence-electron chi connectivity index (χ2n) is 5.39. The van der Waals surface area contributed by atoms with Gasteiger partial charge in [0.15, 0.2) is 5.82 Å². The number of nitrogens with zero attached hydrogens (tertiary/aromatic N) is 3. The second-order valence-corrected chi connectivity index (χ2v) is 7.23. The van der Waals surface area contributed by atoms with Crippen LogP contribution in [0.25, 0.3) is 10.9 Å². The molecule has 7 heteroatoms. The molecular weight excluding hydrogens is 324 g/mol. The Balaban J connectivity index is 1.77. The van der Waals surface area contributed by atoms with Crippen LogP contribution in [-0.2, 0) is 16.6 Å². The van der Waals surface area contributed by atoms with E-state index in [1.807, 2.05) is 30.3 Å². The Bertz CT molecular complexity index is 958. The highest BCUT2D eigenvalue weighted by Gasteiger charge is 2.11. The third-order valence-electron chi connectivity index (χ3n) is 3.54. The third-order valence-corrected chi connectivity index (χ3v) is 4.83. The van der Waals surface area contributed by atoms with Gasteiger partial charge in [-0.25, -0.2) is 8.42 Å². The lowest BCUT2D eigenvalue weighted by molar-refractivity contribution is 0.600. The topological polar surface area (TPSA) is 76.9 Å². The molecule has 0 amide bonds. The molecule has 0 saturated carbocycles. The van der Waals surface area contributed by atoms with Crippen LogP contribution >= 0.6 is 0 Å². The summed E-state index contributed by atoms with van der Waals surface area (Å²) in [6.45, 7) is 4.05. The summed E-state index contributed by atoms with van der Waals surface area (Å²) in [4.78, 5) is 4.42. The van der Waals surface area contributed by atoms with E-state index in [9.17, 15) is 8.42 Å². The van der Waals surface area contributed by atoms with Crippen molar-refractivity contribution in [2.75, 3.05) is 10.5 Å². The minimum absolute atomic E-state index is 0.00337. The van der Waals surface area contributed by atoms with Gasteiger partial charge in [-0.3, -0.25) is 14.4 Å². The van der Waals surface area contributed by atoms with Gasteiger partial charge in [-0.15, -0.1) is 6.58 Å². The summed E-state index contributed by atoms with van der Waals surface area (Å²) >= 11 is 0. The largest absolute Gasteiger partial charge is 0.266 e. The molecule has 6 nitrogen and oxygen atoms in total. The van der Waals surface area contributed by atoms with Crippen molar-refractivity contribution in [3.63, 3.8) is 0 Å². The zero-order chi connectivity index (χ0) is 17.0. The normalized spacial score (nSPS) is 11.5. The molecule has 0 atom stereocenters. The SMILES string of the molecule is C=CCCS(=O)(=O)Nc1ccn(Cc2cccc3cccnc23)n1. The van der Waals surface area contributed by atoms with Gasteiger partial charge in [0.05, 0.1) is 17.8 Å². The molecule has 3 aromatic rings. The third kappa shape index (κ3) is 3.80. The summed E-state index contributed by atoms with van der Waals surface area (Å²) in [7, 11) is -3.40. The number of anilines is 1. The van der Waals surface area contributed by atoms with Crippen LogP contribution in [0, 0.1) is 0 Å². The molecule has 2 heterocycles. The summed E-state index contributed by atoms with van der Waals surface area (Å²) in [6.07, 6.45) is 5.48. The van der Waals surface area contributed by atoms with Crippen molar-refractivity contribution in [2.24, 2.45) is 0 Å². The fourth-order valence-electron chi connectivity index (χ4n) is 2.42. The van der Waals surface area contributed by atoms with Gasteiger partial charge in [0.2, 0.25) is 10.0 Å². The van der Waals surface area contributed by atoms with E-state index in [1.54, 1.807) is 29.2 Å². The average molecular weight is 342 g/mol. The van der Waals surface area contributed by atoms with Crippen molar-refractivity contribution in [3.05, 3.63) is 67.0 Å². The van der Waals surface area contributed by atoms with Gasteiger partial charge in [0.25, 0.3) is 0 Å². The molecule has 0 saturated heterocycles. The first kappa shape index (κ1) is 16.2. The number of pyridine rings is 1. The average Bonchev–Trinajstić information content (AvgIpc) is 2.99. The van der Waals surface area contributed by atoms with Crippen molar-refractivity contribution < 1.29 is 8.42 Å². The Morgan fingerprint density at radius 1 is 1.21 bits per heavy atom. The van der Waals surface area contributed by atoms with Crippen LogP contribution in [-0.4, -0.2) is 28.9 Å². The molecular formula is C17H18N4O2S. The summed E-state index contributed by atoms with van der Waals surface area (Å²) in [6, 6.07) is 11.5. The molecule has 24 heavy (non-hydrogen) atoms. The van der Waals surface area contributed by atoms with Crippen LogP contribution in [0.1, 0.15) is 12.0 Å².